The van der Waals surface area contributed by atoms with Crippen LogP contribution in [0.4, 0.5) is 0 Å². The molecule has 136 valence electrons. The summed E-state index contributed by atoms with van der Waals surface area (Å²) in [5.74, 6) is 2.66. The van der Waals surface area contributed by atoms with Gasteiger partial charge >= 0.3 is 0 Å². The van der Waals surface area contributed by atoms with Crippen molar-refractivity contribution in [3.63, 3.8) is 0 Å². The molecule has 0 heterocycles. The zero-order valence-corrected chi connectivity index (χ0v) is 16.6. The van der Waals surface area contributed by atoms with E-state index in [0.717, 1.165) is 30.6 Å². The normalized spacial score (nSPS) is 48.6. The van der Waals surface area contributed by atoms with Crippen molar-refractivity contribution in [1.82, 2.24) is 0 Å². The highest BCUT2D eigenvalue weighted by molar-refractivity contribution is 5.29. The van der Waals surface area contributed by atoms with Gasteiger partial charge in [0.1, 0.15) is 0 Å². The molecule has 0 saturated heterocycles. The topological polar surface area (TPSA) is 20.2 Å². The first-order valence-electron chi connectivity index (χ1n) is 10.5. The summed E-state index contributed by atoms with van der Waals surface area (Å²) >= 11 is 0. The third kappa shape index (κ3) is 2.54. The molecule has 4 aliphatic carbocycles. The monoisotopic (exact) mass is 330 g/mol. The highest BCUT2D eigenvalue weighted by atomic mass is 16.3. The first-order chi connectivity index (χ1) is 11.5. The maximum absolute atomic E-state index is 10.1. The van der Waals surface area contributed by atoms with Crippen LogP contribution < -0.4 is 0 Å². The van der Waals surface area contributed by atoms with Crippen LogP contribution in [0.2, 0.25) is 0 Å². The summed E-state index contributed by atoms with van der Waals surface area (Å²) in [5.41, 5.74) is 4.23. The molecule has 0 aromatic heterocycles. The van der Waals surface area contributed by atoms with Crippen molar-refractivity contribution in [3.8, 4) is 0 Å². The fourth-order valence-electron chi connectivity index (χ4n) is 6.96. The van der Waals surface area contributed by atoms with Crippen LogP contribution in [0.25, 0.3) is 0 Å². The number of rotatable bonds is 0. The van der Waals surface area contributed by atoms with Crippen molar-refractivity contribution >= 4 is 0 Å². The molecule has 3 saturated carbocycles. The van der Waals surface area contributed by atoms with E-state index in [1.807, 2.05) is 13.8 Å². The Labute approximate surface area is 149 Å². The first-order valence-corrected chi connectivity index (χ1v) is 10.5. The summed E-state index contributed by atoms with van der Waals surface area (Å²) in [4.78, 5) is 0. The van der Waals surface area contributed by atoms with Crippen LogP contribution in [0.15, 0.2) is 23.3 Å². The van der Waals surface area contributed by atoms with Gasteiger partial charge in [0.15, 0.2) is 0 Å². The zero-order valence-electron chi connectivity index (χ0n) is 16.6. The van der Waals surface area contributed by atoms with Gasteiger partial charge in [-0.1, -0.05) is 51.0 Å². The number of fused-ring (bicyclic) bond motifs is 5. The molecule has 4 rings (SSSR count). The van der Waals surface area contributed by atoms with Crippen LogP contribution in [-0.2, 0) is 0 Å². The molecule has 5 unspecified atom stereocenters. The second kappa shape index (κ2) is 6.63. The summed E-state index contributed by atoms with van der Waals surface area (Å²) in [5, 5.41) is 10.1. The largest absolute Gasteiger partial charge is 0.393 e. The highest BCUT2D eigenvalue weighted by Crippen LogP contribution is 2.66. The van der Waals surface area contributed by atoms with E-state index in [1.165, 1.54) is 38.5 Å². The van der Waals surface area contributed by atoms with Crippen LogP contribution in [0.5, 0.6) is 0 Å². The molecular formula is C23H38O. The lowest BCUT2D eigenvalue weighted by atomic mass is 9.48. The molecule has 0 spiro atoms. The zero-order chi connectivity index (χ0) is 17.5. The van der Waals surface area contributed by atoms with E-state index in [9.17, 15) is 5.11 Å². The lowest BCUT2D eigenvalue weighted by Gasteiger charge is -2.57. The number of aliphatic hydroxyl groups is 1. The van der Waals surface area contributed by atoms with E-state index in [1.54, 1.807) is 11.1 Å². The Balaban J connectivity index is 0.000000815. The molecule has 3 fully saturated rings. The van der Waals surface area contributed by atoms with Crippen LogP contribution in [0, 0.1) is 28.6 Å². The number of hydrogen-bond donors (Lipinski definition) is 1. The summed E-state index contributed by atoms with van der Waals surface area (Å²) in [6.07, 6.45) is 14.9. The summed E-state index contributed by atoms with van der Waals surface area (Å²) in [6, 6.07) is 0. The smallest absolute Gasteiger partial charge is 0.0577 e. The third-order valence-electron chi connectivity index (χ3n) is 8.27. The Morgan fingerprint density at radius 3 is 2.42 bits per heavy atom. The van der Waals surface area contributed by atoms with Crippen LogP contribution in [-0.4, -0.2) is 11.2 Å². The van der Waals surface area contributed by atoms with E-state index < -0.39 is 0 Å². The van der Waals surface area contributed by atoms with Crippen molar-refractivity contribution in [2.45, 2.75) is 92.1 Å². The Hall–Kier alpha value is -0.560. The molecule has 1 nitrogen and oxygen atoms in total. The quantitative estimate of drug-likeness (QED) is 0.518. The predicted molar refractivity (Wildman–Crippen MR) is 103 cm³/mol. The molecule has 0 aliphatic heterocycles. The van der Waals surface area contributed by atoms with Crippen LogP contribution in [0.3, 0.4) is 0 Å². The van der Waals surface area contributed by atoms with E-state index in [4.69, 9.17) is 0 Å². The number of aliphatic hydroxyl groups excluding tert-OH is 1. The molecule has 0 bridgehead atoms. The van der Waals surface area contributed by atoms with Crippen molar-refractivity contribution in [2.24, 2.45) is 28.6 Å². The Bertz CT molecular complexity index is 530. The Morgan fingerprint density at radius 2 is 1.71 bits per heavy atom. The molecule has 24 heavy (non-hydrogen) atoms. The fourth-order valence-corrected chi connectivity index (χ4v) is 6.96. The molecular weight excluding hydrogens is 292 g/mol. The van der Waals surface area contributed by atoms with Crippen molar-refractivity contribution in [3.05, 3.63) is 23.3 Å². The third-order valence-corrected chi connectivity index (χ3v) is 8.27. The molecule has 0 amide bonds. The Morgan fingerprint density at radius 1 is 1.04 bits per heavy atom. The number of allylic oxidation sites excluding steroid dienone is 3. The number of hydrogen-bond acceptors (Lipinski definition) is 1. The van der Waals surface area contributed by atoms with Gasteiger partial charge in [0.25, 0.3) is 0 Å². The van der Waals surface area contributed by atoms with Gasteiger partial charge in [-0.2, -0.15) is 0 Å². The van der Waals surface area contributed by atoms with Crippen LogP contribution >= 0.6 is 0 Å². The SMILES string of the molecule is C/C=C1/CCC2C3CC=C4CC(O)CC[C@]4(C)C3CCC12C.CC. The Kier molecular flexibility index (Phi) is 5.04. The molecule has 0 aromatic rings. The van der Waals surface area contributed by atoms with Crippen LogP contribution in [0.1, 0.15) is 86.0 Å². The van der Waals surface area contributed by atoms with Gasteiger partial charge in [-0.25, -0.2) is 0 Å². The van der Waals surface area contributed by atoms with Gasteiger partial charge in [-0.3, -0.25) is 0 Å². The molecule has 0 aromatic carbocycles. The first kappa shape index (κ1) is 18.2. The van der Waals surface area contributed by atoms with E-state index in [2.05, 4.69) is 32.9 Å². The average Bonchev–Trinajstić information content (AvgIpc) is 2.93. The maximum Gasteiger partial charge on any atom is 0.0577 e. The van der Waals surface area contributed by atoms with E-state index >= 15 is 0 Å². The molecule has 1 heteroatoms. The van der Waals surface area contributed by atoms with Crippen molar-refractivity contribution in [1.29, 1.82) is 0 Å². The van der Waals surface area contributed by atoms with Gasteiger partial charge < -0.3 is 5.11 Å². The molecule has 4 aliphatic rings. The second-order valence-corrected chi connectivity index (χ2v) is 8.96. The second-order valence-electron chi connectivity index (χ2n) is 8.96. The van der Waals surface area contributed by atoms with E-state index in [-0.39, 0.29) is 6.10 Å². The standard InChI is InChI=1S/C21H32O.C2H6/c1-4-14-6-8-18-17-7-5-15-13-16(22)9-11-21(15,3)19(17)10-12-20(14,18)2;1-2/h4-5,16-19,22H,6-13H2,1-3H3;1-2H3/b14-4-;/t16?,17?,18?,19?,20?,21-;/m0./s1. The minimum atomic E-state index is -0.0779. The minimum absolute atomic E-state index is 0.0779. The van der Waals surface area contributed by atoms with Crippen molar-refractivity contribution < 1.29 is 5.11 Å². The molecule has 1 N–H and O–H groups in total. The molecule has 6 atom stereocenters. The molecule has 0 radical (unpaired) electrons. The summed E-state index contributed by atoms with van der Waals surface area (Å²) in [6.45, 7) is 11.3. The van der Waals surface area contributed by atoms with Gasteiger partial charge in [-0.05, 0) is 86.9 Å². The van der Waals surface area contributed by atoms with Gasteiger partial charge in [0, 0.05) is 0 Å². The lowest BCUT2D eigenvalue weighted by Crippen LogP contribution is -2.49. The van der Waals surface area contributed by atoms with Gasteiger partial charge in [0.05, 0.1) is 6.10 Å². The fraction of sp³-hybridized carbons (Fsp3) is 0.826. The highest BCUT2D eigenvalue weighted by Gasteiger charge is 2.56. The predicted octanol–water partition coefficient (Wildman–Crippen LogP) is 6.28. The summed E-state index contributed by atoms with van der Waals surface area (Å²) < 4.78 is 0. The maximum atomic E-state index is 10.1. The summed E-state index contributed by atoms with van der Waals surface area (Å²) in [7, 11) is 0. The van der Waals surface area contributed by atoms with Gasteiger partial charge in [0.2, 0.25) is 0 Å². The minimum Gasteiger partial charge on any atom is -0.393 e. The van der Waals surface area contributed by atoms with Gasteiger partial charge in [-0.15, -0.1) is 0 Å². The average molecular weight is 331 g/mol. The van der Waals surface area contributed by atoms with Crippen molar-refractivity contribution in [2.75, 3.05) is 0 Å². The lowest BCUT2D eigenvalue weighted by molar-refractivity contribution is -0.0268. The van der Waals surface area contributed by atoms with E-state index in [0.29, 0.717) is 10.8 Å².